The number of hydrogen-bond donors (Lipinski definition) is 1. The fraction of sp³-hybridized carbons (Fsp3) is 0.500. The van der Waals surface area contributed by atoms with Gasteiger partial charge in [0.15, 0.2) is 6.10 Å². The summed E-state index contributed by atoms with van der Waals surface area (Å²) in [5.74, 6) is -1.82. The summed E-state index contributed by atoms with van der Waals surface area (Å²) in [6.07, 6.45) is -0.671. The van der Waals surface area contributed by atoms with Crippen LogP contribution < -0.4 is 5.32 Å². The molecule has 0 saturated carbocycles. The second-order valence-electron chi connectivity index (χ2n) is 5.92. The molecule has 24 heavy (non-hydrogen) atoms. The monoisotopic (exact) mass is 335 g/mol. The van der Waals surface area contributed by atoms with Crippen LogP contribution in [0.5, 0.6) is 0 Å². The van der Waals surface area contributed by atoms with Crippen LogP contribution in [0.1, 0.15) is 43.1 Å². The molecule has 132 valence electrons. The summed E-state index contributed by atoms with van der Waals surface area (Å²) in [4.78, 5) is 36.2. The minimum Gasteiger partial charge on any atom is -0.466 e. The molecule has 0 heterocycles. The molecule has 6 nitrogen and oxygen atoms in total. The molecule has 6 heteroatoms. The Morgan fingerprint density at radius 3 is 2.12 bits per heavy atom. The van der Waals surface area contributed by atoms with Crippen molar-refractivity contribution in [3.8, 4) is 0 Å². The van der Waals surface area contributed by atoms with Gasteiger partial charge >= 0.3 is 11.9 Å². The van der Waals surface area contributed by atoms with Crippen LogP contribution in [0.25, 0.3) is 0 Å². The molecule has 0 saturated heterocycles. The Morgan fingerprint density at radius 2 is 1.67 bits per heavy atom. The first-order chi connectivity index (χ1) is 11.3. The summed E-state index contributed by atoms with van der Waals surface area (Å²) in [6, 6.07) is 6.18. The smallest absolute Gasteiger partial charge is 0.347 e. The second-order valence-corrected chi connectivity index (χ2v) is 5.92. The average molecular weight is 335 g/mol. The van der Waals surface area contributed by atoms with Gasteiger partial charge in [-0.1, -0.05) is 38.5 Å². The van der Waals surface area contributed by atoms with E-state index in [0.717, 1.165) is 5.56 Å². The van der Waals surface area contributed by atoms with Crippen LogP contribution in [0.15, 0.2) is 24.3 Å². The Balaban J connectivity index is 2.82. The van der Waals surface area contributed by atoms with E-state index in [-0.39, 0.29) is 11.8 Å². The molecule has 0 aliphatic rings. The lowest BCUT2D eigenvalue weighted by Gasteiger charge is -2.23. The van der Waals surface area contributed by atoms with E-state index in [0.29, 0.717) is 12.0 Å². The van der Waals surface area contributed by atoms with Crippen molar-refractivity contribution in [1.82, 2.24) is 5.32 Å². The number of hydrogen-bond acceptors (Lipinski definition) is 5. The third-order valence-corrected chi connectivity index (χ3v) is 3.61. The third kappa shape index (κ3) is 5.37. The Hall–Kier alpha value is -2.37. The number of esters is 2. The molecule has 1 amide bonds. The summed E-state index contributed by atoms with van der Waals surface area (Å²) in [5.41, 5.74) is 1.49. The number of ether oxygens (including phenoxy) is 2. The minimum absolute atomic E-state index is 0.193. The molecule has 0 aliphatic heterocycles. The zero-order valence-corrected chi connectivity index (χ0v) is 14.8. The average Bonchev–Trinajstić information content (AvgIpc) is 2.56. The highest BCUT2D eigenvalue weighted by atomic mass is 16.6. The van der Waals surface area contributed by atoms with E-state index in [1.165, 1.54) is 7.11 Å². The summed E-state index contributed by atoms with van der Waals surface area (Å²) in [5, 5.41) is 2.67. The maximum atomic E-state index is 12.4. The Labute approximate surface area is 142 Å². The molecule has 0 aliphatic carbocycles. The number of rotatable bonds is 7. The van der Waals surface area contributed by atoms with Crippen molar-refractivity contribution >= 4 is 17.8 Å². The molecule has 1 aromatic rings. The van der Waals surface area contributed by atoms with Gasteiger partial charge in [-0.2, -0.15) is 0 Å². The lowest BCUT2D eigenvalue weighted by Crippen LogP contribution is -2.47. The molecule has 0 bridgehead atoms. The van der Waals surface area contributed by atoms with Crippen molar-refractivity contribution in [2.45, 2.75) is 46.3 Å². The largest absolute Gasteiger partial charge is 0.466 e. The highest BCUT2D eigenvalue weighted by Gasteiger charge is 2.30. The van der Waals surface area contributed by atoms with Gasteiger partial charge in [0.1, 0.15) is 6.04 Å². The van der Waals surface area contributed by atoms with Gasteiger partial charge < -0.3 is 14.8 Å². The molecule has 1 rings (SSSR count). The highest BCUT2D eigenvalue weighted by molar-refractivity contribution is 5.97. The minimum atomic E-state index is -0.972. The number of amides is 1. The zero-order valence-electron chi connectivity index (χ0n) is 14.8. The van der Waals surface area contributed by atoms with Crippen molar-refractivity contribution in [2.24, 2.45) is 5.92 Å². The van der Waals surface area contributed by atoms with Gasteiger partial charge in [-0.15, -0.1) is 0 Å². The van der Waals surface area contributed by atoms with Gasteiger partial charge in [-0.3, -0.25) is 4.79 Å². The van der Waals surface area contributed by atoms with Gasteiger partial charge in [0.05, 0.1) is 7.11 Å². The van der Waals surface area contributed by atoms with E-state index >= 15 is 0 Å². The first-order valence-corrected chi connectivity index (χ1v) is 7.96. The lowest BCUT2D eigenvalue weighted by atomic mass is 10.0. The highest BCUT2D eigenvalue weighted by Crippen LogP contribution is 2.11. The fourth-order valence-corrected chi connectivity index (χ4v) is 2.07. The number of methoxy groups -OCH3 is 1. The first kappa shape index (κ1) is 19.7. The number of carbonyl (C=O) groups excluding carboxylic acids is 3. The Kier molecular flexibility index (Phi) is 7.42. The number of benzene rings is 1. The first-order valence-electron chi connectivity index (χ1n) is 7.96. The van der Waals surface area contributed by atoms with E-state index in [1.807, 2.05) is 19.1 Å². The molecular formula is C18H25NO5. The predicted molar refractivity (Wildman–Crippen MR) is 89.5 cm³/mol. The fourth-order valence-electron chi connectivity index (χ4n) is 2.07. The zero-order chi connectivity index (χ0) is 18.3. The van der Waals surface area contributed by atoms with Gasteiger partial charge in [0.25, 0.3) is 5.91 Å². The summed E-state index contributed by atoms with van der Waals surface area (Å²) >= 11 is 0. The molecule has 0 radical (unpaired) electrons. The van der Waals surface area contributed by atoms with Gasteiger partial charge in [0, 0.05) is 5.56 Å². The maximum Gasteiger partial charge on any atom is 0.347 e. The van der Waals surface area contributed by atoms with Crippen LogP contribution in [-0.4, -0.2) is 37.1 Å². The molecule has 0 aromatic heterocycles. The van der Waals surface area contributed by atoms with Crippen molar-refractivity contribution in [3.05, 3.63) is 35.4 Å². The van der Waals surface area contributed by atoms with Crippen molar-refractivity contribution < 1.29 is 23.9 Å². The molecule has 2 atom stereocenters. The van der Waals surface area contributed by atoms with Gasteiger partial charge in [-0.25, -0.2) is 9.59 Å². The standard InChI is InChI=1S/C18H25NO5/c1-6-14(17(21)23-5)24-18(22)15(11(2)3)19-16(20)13-9-7-12(4)8-10-13/h7-11,14-15H,6H2,1-5H3,(H,19,20)/t14-,15+/m1/s1. The summed E-state index contributed by atoms with van der Waals surface area (Å²) in [6.45, 7) is 7.22. The molecule has 1 aromatic carbocycles. The van der Waals surface area contributed by atoms with Gasteiger partial charge in [-0.05, 0) is 31.4 Å². The number of nitrogens with one attached hydrogen (secondary N) is 1. The topological polar surface area (TPSA) is 81.7 Å². The van der Waals surface area contributed by atoms with Crippen LogP contribution in [0.2, 0.25) is 0 Å². The molecular weight excluding hydrogens is 310 g/mol. The van der Waals surface area contributed by atoms with Crippen LogP contribution in [0.4, 0.5) is 0 Å². The Morgan fingerprint density at radius 1 is 1.08 bits per heavy atom. The van der Waals surface area contributed by atoms with Crippen molar-refractivity contribution in [1.29, 1.82) is 0 Å². The second kappa shape index (κ2) is 9.05. The van der Waals surface area contributed by atoms with Crippen molar-refractivity contribution in [2.75, 3.05) is 7.11 Å². The Bertz CT molecular complexity index is 580. The SMILES string of the molecule is CC[C@@H](OC(=O)[C@@H](NC(=O)c1ccc(C)cc1)C(C)C)C(=O)OC. The van der Waals surface area contributed by atoms with Crippen LogP contribution in [-0.2, 0) is 19.1 Å². The molecule has 0 spiro atoms. The quantitative estimate of drug-likeness (QED) is 0.773. The van der Waals surface area contributed by atoms with E-state index in [1.54, 1.807) is 32.9 Å². The third-order valence-electron chi connectivity index (χ3n) is 3.61. The number of carbonyl (C=O) groups is 3. The van der Waals surface area contributed by atoms with Gasteiger partial charge in [0.2, 0.25) is 0 Å². The van der Waals surface area contributed by atoms with Crippen LogP contribution in [0, 0.1) is 12.8 Å². The summed E-state index contributed by atoms with van der Waals surface area (Å²) in [7, 11) is 1.23. The van der Waals surface area contributed by atoms with E-state index in [9.17, 15) is 14.4 Å². The lowest BCUT2D eigenvalue weighted by molar-refractivity contribution is -0.168. The van der Waals surface area contributed by atoms with E-state index < -0.39 is 24.1 Å². The molecule has 0 fully saturated rings. The van der Waals surface area contributed by atoms with Crippen LogP contribution >= 0.6 is 0 Å². The van der Waals surface area contributed by atoms with E-state index in [4.69, 9.17) is 4.74 Å². The van der Waals surface area contributed by atoms with E-state index in [2.05, 4.69) is 10.1 Å². The predicted octanol–water partition coefficient (Wildman–Crippen LogP) is 2.24. The molecule has 1 N–H and O–H groups in total. The van der Waals surface area contributed by atoms with Crippen LogP contribution in [0.3, 0.4) is 0 Å². The maximum absolute atomic E-state index is 12.4. The number of aryl methyl sites for hydroxylation is 1. The molecule has 0 unspecified atom stereocenters. The summed E-state index contributed by atoms with van der Waals surface area (Å²) < 4.78 is 9.81. The van der Waals surface area contributed by atoms with Crippen molar-refractivity contribution in [3.63, 3.8) is 0 Å². The normalized spacial score (nSPS) is 13.1.